The maximum atomic E-state index is 5.66. The Bertz CT molecular complexity index is 474. The molecule has 0 unspecified atom stereocenters. The Labute approximate surface area is 101 Å². The zero-order valence-electron chi connectivity index (χ0n) is 7.85. The zero-order valence-corrected chi connectivity index (χ0v) is 10.0. The topological polar surface area (TPSA) is 48.1 Å². The smallest absolute Gasteiger partial charge is 0.140 e. The summed E-state index contributed by atoms with van der Waals surface area (Å²) >= 11 is 2.22. The maximum absolute atomic E-state index is 5.66. The van der Waals surface area contributed by atoms with Gasteiger partial charge in [-0.25, -0.2) is 4.98 Å². The molecule has 0 saturated carbocycles. The van der Waals surface area contributed by atoms with Crippen molar-refractivity contribution < 1.29 is 4.74 Å². The third-order valence-electron chi connectivity index (χ3n) is 1.82. The van der Waals surface area contributed by atoms with Gasteiger partial charge >= 0.3 is 0 Å². The summed E-state index contributed by atoms with van der Waals surface area (Å²) in [6.45, 7) is 0. The number of benzene rings is 1. The highest BCUT2D eigenvalue weighted by molar-refractivity contribution is 14.1. The Balaban J connectivity index is 2.26. The quantitative estimate of drug-likeness (QED) is 0.867. The van der Waals surface area contributed by atoms with E-state index in [4.69, 9.17) is 10.5 Å². The van der Waals surface area contributed by atoms with E-state index in [1.54, 1.807) is 18.3 Å². The number of anilines is 1. The van der Waals surface area contributed by atoms with Crippen molar-refractivity contribution in [1.29, 1.82) is 0 Å². The van der Waals surface area contributed by atoms with Gasteiger partial charge < -0.3 is 10.5 Å². The van der Waals surface area contributed by atoms with Gasteiger partial charge in [0, 0.05) is 12.3 Å². The molecule has 15 heavy (non-hydrogen) atoms. The summed E-state index contributed by atoms with van der Waals surface area (Å²) in [4.78, 5) is 3.90. The van der Waals surface area contributed by atoms with Gasteiger partial charge in [0.1, 0.15) is 17.3 Å². The van der Waals surface area contributed by atoms with Crippen LogP contribution in [0.2, 0.25) is 0 Å². The van der Waals surface area contributed by atoms with E-state index in [1.807, 2.05) is 24.3 Å². The SMILES string of the molecule is Nc1cc(Oc2ccccc2I)ccn1. The minimum Gasteiger partial charge on any atom is -0.456 e. The fourth-order valence-corrected chi connectivity index (χ4v) is 1.64. The molecule has 0 spiro atoms. The third kappa shape index (κ3) is 2.59. The first kappa shape index (κ1) is 10.2. The molecule has 0 aliphatic rings. The molecule has 1 heterocycles. The van der Waals surface area contributed by atoms with Gasteiger partial charge in [-0.3, -0.25) is 0 Å². The fourth-order valence-electron chi connectivity index (χ4n) is 1.15. The molecule has 1 aromatic carbocycles. The van der Waals surface area contributed by atoms with Crippen LogP contribution in [-0.4, -0.2) is 4.98 Å². The molecule has 0 atom stereocenters. The lowest BCUT2D eigenvalue weighted by molar-refractivity contribution is 0.479. The standard InChI is InChI=1S/C11H9IN2O/c12-9-3-1-2-4-10(9)15-8-5-6-14-11(13)7-8/h1-7H,(H2,13,14). The molecule has 0 aliphatic heterocycles. The lowest BCUT2D eigenvalue weighted by atomic mass is 10.3. The van der Waals surface area contributed by atoms with Crippen molar-refractivity contribution in [2.75, 3.05) is 5.73 Å². The minimum atomic E-state index is 0.457. The molecule has 1 aromatic heterocycles. The minimum absolute atomic E-state index is 0.457. The number of ether oxygens (including phenoxy) is 1. The number of hydrogen-bond donors (Lipinski definition) is 1. The average molecular weight is 312 g/mol. The Hall–Kier alpha value is -1.30. The number of aromatic nitrogens is 1. The van der Waals surface area contributed by atoms with E-state index < -0.39 is 0 Å². The van der Waals surface area contributed by atoms with Gasteiger partial charge in [-0.1, -0.05) is 12.1 Å². The monoisotopic (exact) mass is 312 g/mol. The molecule has 2 rings (SSSR count). The van der Waals surface area contributed by atoms with Crippen LogP contribution in [-0.2, 0) is 0 Å². The predicted molar refractivity (Wildman–Crippen MR) is 67.9 cm³/mol. The number of nitrogen functional groups attached to an aromatic ring is 1. The Morgan fingerprint density at radius 2 is 2.00 bits per heavy atom. The van der Waals surface area contributed by atoms with Crippen molar-refractivity contribution in [2.24, 2.45) is 0 Å². The number of nitrogens with zero attached hydrogens (tertiary/aromatic N) is 1. The molecule has 2 aromatic rings. The molecule has 3 nitrogen and oxygen atoms in total. The summed E-state index contributed by atoms with van der Waals surface area (Å²) in [5.41, 5.74) is 5.56. The average Bonchev–Trinajstić information content (AvgIpc) is 2.22. The molecule has 0 saturated heterocycles. The van der Waals surface area contributed by atoms with E-state index >= 15 is 0 Å². The van der Waals surface area contributed by atoms with E-state index in [0.29, 0.717) is 11.6 Å². The molecule has 0 radical (unpaired) electrons. The summed E-state index contributed by atoms with van der Waals surface area (Å²) in [5, 5.41) is 0. The van der Waals surface area contributed by atoms with Crippen molar-refractivity contribution >= 4 is 28.4 Å². The molecular formula is C11H9IN2O. The molecule has 2 N–H and O–H groups in total. The second-order valence-corrected chi connectivity index (χ2v) is 4.11. The summed E-state index contributed by atoms with van der Waals surface area (Å²) < 4.78 is 6.72. The van der Waals surface area contributed by atoms with Crippen LogP contribution in [0.4, 0.5) is 5.82 Å². The number of nitrogens with two attached hydrogens (primary N) is 1. The maximum Gasteiger partial charge on any atom is 0.140 e. The lowest BCUT2D eigenvalue weighted by Crippen LogP contribution is -1.91. The van der Waals surface area contributed by atoms with Gasteiger partial charge in [0.15, 0.2) is 0 Å². The van der Waals surface area contributed by atoms with Crippen molar-refractivity contribution in [3.8, 4) is 11.5 Å². The van der Waals surface area contributed by atoms with E-state index in [-0.39, 0.29) is 0 Å². The molecule has 0 bridgehead atoms. The fraction of sp³-hybridized carbons (Fsp3) is 0. The van der Waals surface area contributed by atoms with Crippen LogP contribution in [0.1, 0.15) is 0 Å². The molecule has 4 heteroatoms. The summed E-state index contributed by atoms with van der Waals surface area (Å²) in [6.07, 6.45) is 1.63. The normalized spacial score (nSPS) is 9.93. The second-order valence-electron chi connectivity index (χ2n) is 2.95. The molecule has 0 aliphatic carbocycles. The van der Waals surface area contributed by atoms with Crippen LogP contribution >= 0.6 is 22.6 Å². The molecule has 0 fully saturated rings. The number of para-hydroxylation sites is 1. The van der Waals surface area contributed by atoms with E-state index in [2.05, 4.69) is 27.6 Å². The van der Waals surface area contributed by atoms with Gasteiger partial charge in [-0.2, -0.15) is 0 Å². The van der Waals surface area contributed by atoms with Crippen LogP contribution in [0.3, 0.4) is 0 Å². The Morgan fingerprint density at radius 1 is 1.20 bits per heavy atom. The number of hydrogen-bond acceptors (Lipinski definition) is 3. The van der Waals surface area contributed by atoms with Crippen LogP contribution in [0.15, 0.2) is 42.6 Å². The van der Waals surface area contributed by atoms with Gasteiger partial charge in [-0.05, 0) is 40.8 Å². The zero-order chi connectivity index (χ0) is 10.7. The van der Waals surface area contributed by atoms with Crippen LogP contribution in [0.25, 0.3) is 0 Å². The van der Waals surface area contributed by atoms with Gasteiger partial charge in [-0.15, -0.1) is 0 Å². The van der Waals surface area contributed by atoms with E-state index in [0.717, 1.165) is 9.32 Å². The van der Waals surface area contributed by atoms with Crippen LogP contribution in [0.5, 0.6) is 11.5 Å². The van der Waals surface area contributed by atoms with Gasteiger partial charge in [0.2, 0.25) is 0 Å². The Kier molecular flexibility index (Phi) is 3.05. The van der Waals surface area contributed by atoms with Crippen molar-refractivity contribution in [1.82, 2.24) is 4.98 Å². The van der Waals surface area contributed by atoms with Crippen molar-refractivity contribution in [3.63, 3.8) is 0 Å². The van der Waals surface area contributed by atoms with Gasteiger partial charge in [0.25, 0.3) is 0 Å². The summed E-state index contributed by atoms with van der Waals surface area (Å²) in [7, 11) is 0. The number of pyridine rings is 1. The number of halogens is 1. The summed E-state index contributed by atoms with van der Waals surface area (Å²) in [6, 6.07) is 11.3. The highest BCUT2D eigenvalue weighted by Gasteiger charge is 2.01. The highest BCUT2D eigenvalue weighted by atomic mass is 127. The predicted octanol–water partition coefficient (Wildman–Crippen LogP) is 3.06. The second kappa shape index (κ2) is 4.48. The van der Waals surface area contributed by atoms with E-state index in [1.165, 1.54) is 0 Å². The molecule has 76 valence electrons. The van der Waals surface area contributed by atoms with Crippen molar-refractivity contribution in [2.45, 2.75) is 0 Å². The van der Waals surface area contributed by atoms with Gasteiger partial charge in [0.05, 0.1) is 3.57 Å². The third-order valence-corrected chi connectivity index (χ3v) is 2.71. The van der Waals surface area contributed by atoms with E-state index in [9.17, 15) is 0 Å². The first-order chi connectivity index (χ1) is 7.25. The van der Waals surface area contributed by atoms with Crippen LogP contribution in [0, 0.1) is 3.57 Å². The first-order valence-electron chi connectivity index (χ1n) is 4.39. The first-order valence-corrected chi connectivity index (χ1v) is 5.47. The highest BCUT2D eigenvalue weighted by Crippen LogP contribution is 2.26. The molecular weight excluding hydrogens is 303 g/mol. The van der Waals surface area contributed by atoms with Crippen molar-refractivity contribution in [3.05, 3.63) is 46.2 Å². The Morgan fingerprint density at radius 3 is 2.73 bits per heavy atom. The number of rotatable bonds is 2. The summed E-state index contributed by atoms with van der Waals surface area (Å²) in [5.74, 6) is 1.98. The molecule has 0 amide bonds. The van der Waals surface area contributed by atoms with Crippen LogP contribution < -0.4 is 10.5 Å². The lowest BCUT2D eigenvalue weighted by Gasteiger charge is -2.07. The largest absolute Gasteiger partial charge is 0.456 e.